The van der Waals surface area contributed by atoms with Gasteiger partial charge in [-0.25, -0.2) is 0 Å². The van der Waals surface area contributed by atoms with Gasteiger partial charge in [0.25, 0.3) is 0 Å². The lowest BCUT2D eigenvalue weighted by Gasteiger charge is -2.27. The predicted molar refractivity (Wildman–Crippen MR) is 93.5 cm³/mol. The SMILES string of the molecule is CCC(=O)COCC1(C(=O)OC)CC(=O)N(c2c(C)cccc2C)C1. The number of esters is 1. The Morgan fingerprint density at radius 1 is 1.24 bits per heavy atom. The van der Waals surface area contributed by atoms with Gasteiger partial charge in [0.2, 0.25) is 5.91 Å². The maximum atomic E-state index is 12.7. The van der Waals surface area contributed by atoms with Gasteiger partial charge in [-0.2, -0.15) is 0 Å². The number of nitrogens with zero attached hydrogens (tertiary/aromatic N) is 1. The number of rotatable bonds is 7. The van der Waals surface area contributed by atoms with Crippen LogP contribution < -0.4 is 4.90 Å². The molecule has 0 saturated carbocycles. The van der Waals surface area contributed by atoms with Crippen molar-refractivity contribution in [3.05, 3.63) is 29.3 Å². The minimum Gasteiger partial charge on any atom is -0.468 e. The topological polar surface area (TPSA) is 72.9 Å². The maximum absolute atomic E-state index is 12.7. The van der Waals surface area contributed by atoms with Gasteiger partial charge >= 0.3 is 5.97 Å². The van der Waals surface area contributed by atoms with E-state index in [1.807, 2.05) is 32.0 Å². The average Bonchev–Trinajstić information content (AvgIpc) is 2.91. The standard InChI is InChI=1S/C19H25NO5/c1-5-15(21)10-25-12-19(18(23)24-4)9-16(22)20(11-19)17-13(2)7-6-8-14(17)3/h6-8H,5,9-12H2,1-4H3. The van der Waals surface area contributed by atoms with E-state index in [9.17, 15) is 14.4 Å². The number of Topliss-reactive ketones (excluding diaryl/α,β-unsaturated/α-hetero) is 1. The number of para-hydroxylation sites is 1. The molecule has 136 valence electrons. The highest BCUT2D eigenvalue weighted by molar-refractivity contribution is 6.02. The molecule has 0 N–H and O–H groups in total. The summed E-state index contributed by atoms with van der Waals surface area (Å²) in [6, 6.07) is 5.80. The summed E-state index contributed by atoms with van der Waals surface area (Å²) in [7, 11) is 1.30. The Kier molecular flexibility index (Phi) is 5.95. The number of benzene rings is 1. The number of carbonyl (C=O) groups excluding carboxylic acids is 3. The Labute approximate surface area is 148 Å². The Hall–Kier alpha value is -2.21. The quantitative estimate of drug-likeness (QED) is 0.707. The molecule has 1 saturated heterocycles. The van der Waals surface area contributed by atoms with Crippen molar-refractivity contribution in [1.82, 2.24) is 0 Å². The smallest absolute Gasteiger partial charge is 0.316 e. The van der Waals surface area contributed by atoms with Crippen molar-refractivity contribution in [1.29, 1.82) is 0 Å². The molecule has 1 aliphatic rings. The van der Waals surface area contributed by atoms with Gasteiger partial charge in [-0.1, -0.05) is 25.1 Å². The number of ketones is 1. The van der Waals surface area contributed by atoms with E-state index in [-0.39, 0.29) is 37.9 Å². The third-order valence-corrected chi connectivity index (χ3v) is 4.62. The number of carbonyl (C=O) groups is 3. The van der Waals surface area contributed by atoms with Crippen LogP contribution in [0.2, 0.25) is 0 Å². The first-order valence-electron chi connectivity index (χ1n) is 8.39. The number of amides is 1. The third-order valence-electron chi connectivity index (χ3n) is 4.62. The van der Waals surface area contributed by atoms with Crippen LogP contribution >= 0.6 is 0 Å². The van der Waals surface area contributed by atoms with E-state index in [0.717, 1.165) is 16.8 Å². The lowest BCUT2D eigenvalue weighted by molar-refractivity contribution is -0.156. The van der Waals surface area contributed by atoms with Gasteiger partial charge in [-0.05, 0) is 25.0 Å². The fourth-order valence-electron chi connectivity index (χ4n) is 3.24. The minimum atomic E-state index is -1.09. The van der Waals surface area contributed by atoms with E-state index in [4.69, 9.17) is 9.47 Å². The number of methoxy groups -OCH3 is 1. The van der Waals surface area contributed by atoms with Crippen LogP contribution in [0.4, 0.5) is 5.69 Å². The van der Waals surface area contributed by atoms with E-state index in [1.165, 1.54) is 7.11 Å². The molecule has 1 unspecified atom stereocenters. The fourth-order valence-corrected chi connectivity index (χ4v) is 3.24. The van der Waals surface area contributed by atoms with Gasteiger partial charge in [0, 0.05) is 25.1 Å². The highest BCUT2D eigenvalue weighted by Crippen LogP contribution is 2.38. The molecular formula is C19H25NO5. The zero-order chi connectivity index (χ0) is 18.6. The molecule has 1 fully saturated rings. The third kappa shape index (κ3) is 3.90. The number of aryl methyl sites for hydroxylation is 2. The minimum absolute atomic E-state index is 0.00770. The Balaban J connectivity index is 2.27. The van der Waals surface area contributed by atoms with Gasteiger partial charge < -0.3 is 14.4 Å². The summed E-state index contributed by atoms with van der Waals surface area (Å²) in [6.07, 6.45) is 0.381. The van der Waals surface area contributed by atoms with Crippen LogP contribution in [-0.2, 0) is 23.9 Å². The summed E-state index contributed by atoms with van der Waals surface area (Å²) in [5, 5.41) is 0. The van der Waals surface area contributed by atoms with Gasteiger partial charge in [0.1, 0.15) is 12.0 Å². The second-order valence-electron chi connectivity index (χ2n) is 6.55. The van der Waals surface area contributed by atoms with Crippen molar-refractivity contribution < 1.29 is 23.9 Å². The van der Waals surface area contributed by atoms with Crippen molar-refractivity contribution in [3.8, 4) is 0 Å². The molecular weight excluding hydrogens is 322 g/mol. The van der Waals surface area contributed by atoms with Crippen LogP contribution in [0.25, 0.3) is 0 Å². The first kappa shape index (κ1) is 19.1. The van der Waals surface area contributed by atoms with Crippen LogP contribution in [-0.4, -0.2) is 44.5 Å². The highest BCUT2D eigenvalue weighted by atomic mass is 16.5. The summed E-state index contributed by atoms with van der Waals surface area (Å²) >= 11 is 0. The summed E-state index contributed by atoms with van der Waals surface area (Å²) < 4.78 is 10.4. The highest BCUT2D eigenvalue weighted by Gasteiger charge is 2.51. The Morgan fingerprint density at radius 3 is 2.44 bits per heavy atom. The van der Waals surface area contributed by atoms with E-state index in [1.54, 1.807) is 11.8 Å². The zero-order valence-corrected chi connectivity index (χ0v) is 15.3. The number of anilines is 1. The maximum Gasteiger partial charge on any atom is 0.316 e. The average molecular weight is 347 g/mol. The van der Waals surface area contributed by atoms with E-state index in [0.29, 0.717) is 6.42 Å². The van der Waals surface area contributed by atoms with Crippen molar-refractivity contribution in [2.45, 2.75) is 33.6 Å². The van der Waals surface area contributed by atoms with Gasteiger partial charge in [-0.3, -0.25) is 14.4 Å². The lowest BCUT2D eigenvalue weighted by Crippen LogP contribution is -2.40. The molecule has 0 spiro atoms. The molecule has 1 atom stereocenters. The molecule has 6 heteroatoms. The largest absolute Gasteiger partial charge is 0.468 e. The molecule has 1 aliphatic heterocycles. The molecule has 1 aromatic carbocycles. The Bertz CT molecular complexity index is 664. The second-order valence-corrected chi connectivity index (χ2v) is 6.55. The summed E-state index contributed by atoms with van der Waals surface area (Å²) in [4.78, 5) is 38.2. The molecule has 0 bridgehead atoms. The zero-order valence-electron chi connectivity index (χ0n) is 15.3. The molecule has 2 rings (SSSR count). The van der Waals surface area contributed by atoms with Crippen LogP contribution in [0.15, 0.2) is 18.2 Å². The van der Waals surface area contributed by atoms with Crippen LogP contribution in [0.1, 0.15) is 30.9 Å². The second kappa shape index (κ2) is 7.78. The molecule has 1 heterocycles. The fraction of sp³-hybridized carbons (Fsp3) is 0.526. The van der Waals surface area contributed by atoms with Gasteiger partial charge in [0.05, 0.1) is 13.7 Å². The normalized spacial score (nSPS) is 20.0. The van der Waals surface area contributed by atoms with Crippen molar-refractivity contribution in [3.63, 3.8) is 0 Å². The van der Waals surface area contributed by atoms with Crippen molar-refractivity contribution >= 4 is 23.3 Å². The van der Waals surface area contributed by atoms with Gasteiger partial charge in [-0.15, -0.1) is 0 Å². The Morgan fingerprint density at radius 2 is 1.88 bits per heavy atom. The van der Waals surface area contributed by atoms with Crippen molar-refractivity contribution in [2.24, 2.45) is 5.41 Å². The monoisotopic (exact) mass is 347 g/mol. The molecule has 0 aliphatic carbocycles. The predicted octanol–water partition coefficient (Wildman–Crippen LogP) is 2.20. The molecule has 25 heavy (non-hydrogen) atoms. The molecule has 0 radical (unpaired) electrons. The lowest BCUT2D eigenvalue weighted by atomic mass is 9.88. The molecule has 0 aromatic heterocycles. The number of ether oxygens (including phenoxy) is 2. The van der Waals surface area contributed by atoms with E-state index >= 15 is 0 Å². The van der Waals surface area contributed by atoms with E-state index in [2.05, 4.69) is 0 Å². The summed E-state index contributed by atoms with van der Waals surface area (Å²) in [5.74, 6) is -0.678. The number of hydrogen-bond acceptors (Lipinski definition) is 5. The molecule has 1 amide bonds. The number of hydrogen-bond donors (Lipinski definition) is 0. The van der Waals surface area contributed by atoms with Gasteiger partial charge in [0.15, 0.2) is 5.78 Å². The first-order chi connectivity index (χ1) is 11.8. The van der Waals surface area contributed by atoms with Crippen LogP contribution in [0, 0.1) is 19.3 Å². The van der Waals surface area contributed by atoms with E-state index < -0.39 is 11.4 Å². The summed E-state index contributed by atoms with van der Waals surface area (Å²) in [6.45, 7) is 5.73. The van der Waals surface area contributed by atoms with Crippen LogP contribution in [0.3, 0.4) is 0 Å². The molecule has 6 nitrogen and oxygen atoms in total. The van der Waals surface area contributed by atoms with Crippen LogP contribution in [0.5, 0.6) is 0 Å². The van der Waals surface area contributed by atoms with Crippen molar-refractivity contribution in [2.75, 3.05) is 31.8 Å². The first-order valence-corrected chi connectivity index (χ1v) is 8.39. The summed E-state index contributed by atoms with van der Waals surface area (Å²) in [5.41, 5.74) is 1.67. The molecule has 1 aromatic rings.